The number of carbonyl (C=O) groups is 2. The fraction of sp³-hybridized carbons (Fsp3) is 0.429. The van der Waals surface area contributed by atoms with Crippen LogP contribution >= 0.6 is 11.8 Å². The molecule has 1 saturated heterocycles. The van der Waals surface area contributed by atoms with Crippen molar-refractivity contribution in [2.45, 2.75) is 17.7 Å². The van der Waals surface area contributed by atoms with Gasteiger partial charge in [0, 0.05) is 18.0 Å². The Kier molecular flexibility index (Phi) is 4.89. The lowest BCUT2D eigenvalue weighted by molar-refractivity contribution is -0.143. The molecule has 1 aromatic rings. The van der Waals surface area contributed by atoms with Crippen LogP contribution in [0.3, 0.4) is 0 Å². The molecule has 0 bridgehead atoms. The van der Waals surface area contributed by atoms with Gasteiger partial charge in [-0.15, -0.1) is 11.8 Å². The average molecular weight is 294 g/mol. The van der Waals surface area contributed by atoms with Gasteiger partial charge in [0.2, 0.25) is 0 Å². The van der Waals surface area contributed by atoms with Crippen molar-refractivity contribution in [1.29, 1.82) is 0 Å². The highest BCUT2D eigenvalue weighted by molar-refractivity contribution is 7.98. The van der Waals surface area contributed by atoms with E-state index in [1.165, 1.54) is 0 Å². The average Bonchev–Trinajstić information content (AvgIpc) is 2.48. The maximum Gasteiger partial charge on any atom is 0.321 e. The summed E-state index contributed by atoms with van der Waals surface area (Å²) < 4.78 is 0. The molecule has 0 spiro atoms. The number of benzene rings is 1. The number of urea groups is 1. The number of anilines is 1. The molecule has 1 unspecified atom stereocenters. The van der Waals surface area contributed by atoms with E-state index in [2.05, 4.69) is 5.32 Å². The number of amides is 2. The minimum Gasteiger partial charge on any atom is -0.481 e. The van der Waals surface area contributed by atoms with E-state index in [1.54, 1.807) is 16.7 Å². The van der Waals surface area contributed by atoms with Crippen molar-refractivity contribution in [3.05, 3.63) is 24.3 Å². The normalized spacial score (nSPS) is 18.6. The van der Waals surface area contributed by atoms with Gasteiger partial charge in [0.15, 0.2) is 0 Å². The van der Waals surface area contributed by atoms with Crippen LogP contribution in [-0.4, -0.2) is 41.4 Å². The number of likely N-dealkylation sites (tertiary alicyclic amines) is 1. The number of carboxylic acid groups (broad SMARTS) is 1. The Morgan fingerprint density at radius 2 is 2.15 bits per heavy atom. The molecule has 5 nitrogen and oxygen atoms in total. The zero-order chi connectivity index (χ0) is 14.5. The Morgan fingerprint density at radius 3 is 2.85 bits per heavy atom. The molecule has 1 aliphatic rings. The summed E-state index contributed by atoms with van der Waals surface area (Å²) in [5.41, 5.74) is 0.766. The first kappa shape index (κ1) is 14.7. The zero-order valence-corrected chi connectivity index (χ0v) is 12.2. The number of rotatable bonds is 3. The highest BCUT2D eigenvalue weighted by Crippen LogP contribution is 2.25. The van der Waals surface area contributed by atoms with Gasteiger partial charge in [0.1, 0.15) is 0 Å². The molecular formula is C14H18N2O3S. The summed E-state index contributed by atoms with van der Waals surface area (Å²) in [7, 11) is 0. The number of piperidine rings is 1. The van der Waals surface area contributed by atoms with Gasteiger partial charge in [-0.2, -0.15) is 0 Å². The van der Waals surface area contributed by atoms with Crippen molar-refractivity contribution in [1.82, 2.24) is 4.90 Å². The monoisotopic (exact) mass is 294 g/mol. The molecule has 2 rings (SSSR count). The van der Waals surface area contributed by atoms with E-state index in [1.807, 2.05) is 30.5 Å². The fourth-order valence-corrected chi connectivity index (χ4v) is 2.86. The van der Waals surface area contributed by atoms with Gasteiger partial charge < -0.3 is 15.3 Å². The second-order valence-corrected chi connectivity index (χ2v) is 5.60. The van der Waals surface area contributed by atoms with Gasteiger partial charge in [-0.25, -0.2) is 4.79 Å². The molecule has 0 aromatic heterocycles. The summed E-state index contributed by atoms with van der Waals surface area (Å²) in [4.78, 5) is 25.8. The third-order valence-electron chi connectivity index (χ3n) is 3.41. The number of hydrogen-bond donors (Lipinski definition) is 2. The summed E-state index contributed by atoms with van der Waals surface area (Å²) in [6.45, 7) is 0.889. The van der Waals surface area contributed by atoms with E-state index in [0.717, 1.165) is 17.0 Å². The molecule has 6 heteroatoms. The summed E-state index contributed by atoms with van der Waals surface area (Å²) in [5.74, 6) is -1.28. The van der Waals surface area contributed by atoms with E-state index in [9.17, 15) is 9.59 Å². The van der Waals surface area contributed by atoms with Crippen molar-refractivity contribution in [3.63, 3.8) is 0 Å². The number of nitrogens with one attached hydrogen (secondary N) is 1. The third-order valence-corrected chi connectivity index (χ3v) is 4.20. The lowest BCUT2D eigenvalue weighted by Gasteiger charge is -2.30. The lowest BCUT2D eigenvalue weighted by atomic mass is 9.99. The molecule has 1 fully saturated rings. The quantitative estimate of drug-likeness (QED) is 0.841. The molecule has 1 atom stereocenters. The third kappa shape index (κ3) is 3.45. The van der Waals surface area contributed by atoms with Crippen molar-refractivity contribution in [2.24, 2.45) is 5.92 Å². The SMILES string of the molecule is CSc1ccccc1NC(=O)N1CCCC(C(=O)O)C1. The van der Waals surface area contributed by atoms with Crippen LogP contribution in [0.1, 0.15) is 12.8 Å². The van der Waals surface area contributed by atoms with Crippen LogP contribution in [0.25, 0.3) is 0 Å². The number of para-hydroxylation sites is 1. The summed E-state index contributed by atoms with van der Waals surface area (Å²) in [5, 5.41) is 11.9. The topological polar surface area (TPSA) is 69.6 Å². The van der Waals surface area contributed by atoms with E-state index < -0.39 is 11.9 Å². The van der Waals surface area contributed by atoms with Crippen LogP contribution in [0.4, 0.5) is 10.5 Å². The Morgan fingerprint density at radius 1 is 1.40 bits per heavy atom. The Labute approximate surface area is 122 Å². The summed E-state index contributed by atoms with van der Waals surface area (Å²) in [6.07, 6.45) is 3.32. The first-order chi connectivity index (χ1) is 9.61. The minimum atomic E-state index is -0.827. The van der Waals surface area contributed by atoms with Gasteiger partial charge in [0.05, 0.1) is 11.6 Å². The summed E-state index contributed by atoms with van der Waals surface area (Å²) >= 11 is 1.56. The van der Waals surface area contributed by atoms with Crippen LogP contribution in [0.5, 0.6) is 0 Å². The van der Waals surface area contributed by atoms with E-state index in [4.69, 9.17) is 5.11 Å². The predicted molar refractivity (Wildman–Crippen MR) is 79.2 cm³/mol. The molecule has 2 amide bonds. The zero-order valence-electron chi connectivity index (χ0n) is 11.3. The molecule has 108 valence electrons. The molecule has 1 heterocycles. The van der Waals surface area contributed by atoms with Gasteiger partial charge in [-0.3, -0.25) is 4.79 Å². The van der Waals surface area contributed by atoms with Crippen LogP contribution in [0, 0.1) is 5.92 Å². The van der Waals surface area contributed by atoms with Crippen LogP contribution in [-0.2, 0) is 4.79 Å². The van der Waals surface area contributed by atoms with Gasteiger partial charge in [-0.1, -0.05) is 12.1 Å². The Bertz CT molecular complexity index is 507. The second kappa shape index (κ2) is 6.65. The maximum absolute atomic E-state index is 12.2. The van der Waals surface area contributed by atoms with Crippen molar-refractivity contribution < 1.29 is 14.7 Å². The molecular weight excluding hydrogens is 276 g/mol. The number of carbonyl (C=O) groups excluding carboxylic acids is 1. The van der Waals surface area contributed by atoms with Crippen molar-refractivity contribution in [2.75, 3.05) is 24.7 Å². The van der Waals surface area contributed by atoms with Crippen molar-refractivity contribution in [3.8, 4) is 0 Å². The number of hydrogen-bond acceptors (Lipinski definition) is 3. The summed E-state index contributed by atoms with van der Waals surface area (Å²) in [6, 6.07) is 7.35. The van der Waals surface area contributed by atoms with Crippen LogP contribution < -0.4 is 5.32 Å². The first-order valence-corrected chi connectivity index (χ1v) is 7.76. The standard InChI is InChI=1S/C14H18N2O3S/c1-20-12-7-3-2-6-11(12)15-14(19)16-8-4-5-10(9-16)13(17)18/h2-3,6-7,10H,4-5,8-9H2,1H3,(H,15,19)(H,17,18). The number of carboxylic acids is 1. The minimum absolute atomic E-state index is 0.225. The highest BCUT2D eigenvalue weighted by Gasteiger charge is 2.28. The molecule has 0 saturated carbocycles. The molecule has 1 aromatic carbocycles. The first-order valence-electron chi connectivity index (χ1n) is 6.53. The predicted octanol–water partition coefficient (Wildman–Crippen LogP) is 2.74. The Hall–Kier alpha value is -1.69. The molecule has 20 heavy (non-hydrogen) atoms. The second-order valence-electron chi connectivity index (χ2n) is 4.75. The lowest BCUT2D eigenvalue weighted by Crippen LogP contribution is -2.44. The smallest absolute Gasteiger partial charge is 0.321 e. The van der Waals surface area contributed by atoms with Gasteiger partial charge in [0.25, 0.3) is 0 Å². The fourth-order valence-electron chi connectivity index (χ4n) is 2.31. The molecule has 2 N–H and O–H groups in total. The van der Waals surface area contributed by atoms with Gasteiger partial charge >= 0.3 is 12.0 Å². The molecule has 1 aliphatic heterocycles. The molecule has 0 radical (unpaired) electrons. The van der Waals surface area contributed by atoms with E-state index in [0.29, 0.717) is 13.0 Å². The highest BCUT2D eigenvalue weighted by atomic mass is 32.2. The number of aliphatic carboxylic acids is 1. The van der Waals surface area contributed by atoms with E-state index in [-0.39, 0.29) is 12.6 Å². The van der Waals surface area contributed by atoms with Crippen molar-refractivity contribution >= 4 is 29.4 Å². The number of nitrogens with zero attached hydrogens (tertiary/aromatic N) is 1. The molecule has 0 aliphatic carbocycles. The number of thioether (sulfide) groups is 1. The largest absolute Gasteiger partial charge is 0.481 e. The van der Waals surface area contributed by atoms with Crippen LogP contribution in [0.15, 0.2) is 29.2 Å². The van der Waals surface area contributed by atoms with Gasteiger partial charge in [-0.05, 0) is 31.2 Å². The van der Waals surface area contributed by atoms with Crippen LogP contribution in [0.2, 0.25) is 0 Å². The van der Waals surface area contributed by atoms with E-state index >= 15 is 0 Å². The Balaban J connectivity index is 2.02. The maximum atomic E-state index is 12.2.